The highest BCUT2D eigenvalue weighted by atomic mass is 35.5. The van der Waals surface area contributed by atoms with Crippen molar-refractivity contribution in [1.82, 2.24) is 5.32 Å². The second-order valence-corrected chi connectivity index (χ2v) is 5.13. The molecule has 0 radical (unpaired) electrons. The van der Waals surface area contributed by atoms with Crippen molar-refractivity contribution < 1.29 is 9.21 Å². The lowest BCUT2D eigenvalue weighted by molar-refractivity contribution is -0.121. The first-order valence-electron chi connectivity index (χ1n) is 6.75. The molecule has 0 aliphatic carbocycles. The van der Waals surface area contributed by atoms with Gasteiger partial charge in [0.25, 0.3) is 0 Å². The van der Waals surface area contributed by atoms with E-state index in [0.29, 0.717) is 17.2 Å². The number of hydrogen-bond acceptors (Lipinski definition) is 2. The first-order chi connectivity index (χ1) is 9.61. The molecule has 2 rings (SSSR count). The van der Waals surface area contributed by atoms with Crippen LogP contribution in [-0.4, -0.2) is 5.91 Å². The van der Waals surface area contributed by atoms with Gasteiger partial charge in [-0.15, -0.1) is 0 Å². The third-order valence-electron chi connectivity index (χ3n) is 3.05. The average Bonchev–Trinajstić information content (AvgIpc) is 2.89. The molecule has 0 saturated heterocycles. The topological polar surface area (TPSA) is 42.2 Å². The van der Waals surface area contributed by atoms with Crippen LogP contribution in [0.4, 0.5) is 0 Å². The molecule has 2 aromatic rings. The molecule has 1 aromatic heterocycles. The highest BCUT2D eigenvalue weighted by Crippen LogP contribution is 2.30. The summed E-state index contributed by atoms with van der Waals surface area (Å²) in [5.41, 5.74) is 0.854. The predicted octanol–water partition coefficient (Wildman–Crippen LogP) is 4.58. The number of rotatable bonds is 5. The summed E-state index contributed by atoms with van der Waals surface area (Å²) in [5, 5.41) is 3.56. The fraction of sp³-hybridized carbons (Fsp3) is 0.312. The minimum absolute atomic E-state index is 0.0377. The maximum Gasteiger partial charge on any atom is 0.220 e. The van der Waals surface area contributed by atoms with E-state index in [2.05, 4.69) is 5.32 Å². The standard InChI is InChI=1S/C16H18ClNO2/c1-3-6-16(19)18-11(2)14-9-10-15(20-14)12-7-4-5-8-13(12)17/h4-5,7-11H,3,6H2,1-2H3,(H,18,19)/t11-/m0/s1. The van der Waals surface area contributed by atoms with E-state index < -0.39 is 0 Å². The summed E-state index contributed by atoms with van der Waals surface area (Å²) in [6.07, 6.45) is 1.37. The molecule has 0 spiro atoms. The molecule has 20 heavy (non-hydrogen) atoms. The monoisotopic (exact) mass is 291 g/mol. The van der Waals surface area contributed by atoms with Gasteiger partial charge in [0.05, 0.1) is 11.1 Å². The van der Waals surface area contributed by atoms with Crippen LogP contribution < -0.4 is 5.32 Å². The molecule has 1 atom stereocenters. The second kappa shape index (κ2) is 6.62. The minimum atomic E-state index is -0.148. The Hall–Kier alpha value is -1.74. The van der Waals surface area contributed by atoms with E-state index in [9.17, 15) is 4.79 Å². The Morgan fingerprint density at radius 1 is 1.30 bits per heavy atom. The summed E-state index contributed by atoms with van der Waals surface area (Å²) in [5.74, 6) is 1.47. The number of hydrogen-bond donors (Lipinski definition) is 1. The molecular formula is C16H18ClNO2. The van der Waals surface area contributed by atoms with E-state index in [4.69, 9.17) is 16.0 Å². The van der Waals surface area contributed by atoms with Crippen LogP contribution in [0.5, 0.6) is 0 Å². The number of benzene rings is 1. The Bertz CT molecular complexity index is 592. The highest BCUT2D eigenvalue weighted by Gasteiger charge is 2.14. The molecule has 4 heteroatoms. The first-order valence-corrected chi connectivity index (χ1v) is 7.13. The van der Waals surface area contributed by atoms with Crippen LogP contribution >= 0.6 is 11.6 Å². The van der Waals surface area contributed by atoms with Gasteiger partial charge < -0.3 is 9.73 Å². The van der Waals surface area contributed by atoms with Gasteiger partial charge in [0, 0.05) is 12.0 Å². The molecule has 0 aliphatic heterocycles. The van der Waals surface area contributed by atoms with Crippen molar-refractivity contribution in [3.05, 3.63) is 47.2 Å². The number of furan rings is 1. The van der Waals surface area contributed by atoms with Crippen molar-refractivity contribution in [3.8, 4) is 11.3 Å². The summed E-state index contributed by atoms with van der Waals surface area (Å²) >= 11 is 6.14. The zero-order valence-electron chi connectivity index (χ0n) is 11.7. The third-order valence-corrected chi connectivity index (χ3v) is 3.38. The van der Waals surface area contributed by atoms with Crippen molar-refractivity contribution in [3.63, 3.8) is 0 Å². The Labute approximate surface area is 123 Å². The van der Waals surface area contributed by atoms with Crippen molar-refractivity contribution >= 4 is 17.5 Å². The van der Waals surface area contributed by atoms with Crippen LogP contribution in [0.3, 0.4) is 0 Å². The zero-order valence-corrected chi connectivity index (χ0v) is 12.4. The smallest absolute Gasteiger partial charge is 0.220 e. The minimum Gasteiger partial charge on any atom is -0.459 e. The summed E-state index contributed by atoms with van der Waals surface area (Å²) in [6, 6.07) is 11.1. The van der Waals surface area contributed by atoms with Gasteiger partial charge in [-0.3, -0.25) is 4.79 Å². The highest BCUT2D eigenvalue weighted by molar-refractivity contribution is 6.33. The van der Waals surface area contributed by atoms with Gasteiger partial charge in [0.15, 0.2) is 0 Å². The molecule has 0 fully saturated rings. The summed E-state index contributed by atoms with van der Waals surface area (Å²) in [7, 11) is 0. The summed E-state index contributed by atoms with van der Waals surface area (Å²) in [4.78, 5) is 11.6. The Balaban J connectivity index is 2.13. The number of carbonyl (C=O) groups is 1. The van der Waals surface area contributed by atoms with Gasteiger partial charge in [-0.05, 0) is 37.6 Å². The van der Waals surface area contributed by atoms with E-state index in [-0.39, 0.29) is 11.9 Å². The van der Waals surface area contributed by atoms with Crippen LogP contribution in [0.1, 0.15) is 38.5 Å². The molecule has 0 bridgehead atoms. The van der Waals surface area contributed by atoms with Crippen LogP contribution in [-0.2, 0) is 4.79 Å². The van der Waals surface area contributed by atoms with Crippen molar-refractivity contribution in [2.24, 2.45) is 0 Å². The van der Waals surface area contributed by atoms with Gasteiger partial charge in [-0.1, -0.05) is 30.7 Å². The number of carbonyl (C=O) groups excluding carboxylic acids is 1. The van der Waals surface area contributed by atoms with Gasteiger partial charge in [-0.2, -0.15) is 0 Å². The quantitative estimate of drug-likeness (QED) is 0.876. The van der Waals surface area contributed by atoms with E-state index in [1.54, 1.807) is 0 Å². The second-order valence-electron chi connectivity index (χ2n) is 4.72. The molecule has 0 unspecified atom stereocenters. The van der Waals surface area contributed by atoms with Crippen molar-refractivity contribution in [2.75, 3.05) is 0 Å². The van der Waals surface area contributed by atoms with Crippen LogP contribution in [0.25, 0.3) is 11.3 Å². The van der Waals surface area contributed by atoms with Crippen molar-refractivity contribution in [1.29, 1.82) is 0 Å². The molecule has 106 valence electrons. The van der Waals surface area contributed by atoms with Crippen LogP contribution in [0, 0.1) is 0 Å². The molecular weight excluding hydrogens is 274 g/mol. The van der Waals surface area contributed by atoms with Gasteiger partial charge in [0.2, 0.25) is 5.91 Å². The Morgan fingerprint density at radius 2 is 2.05 bits per heavy atom. The van der Waals surface area contributed by atoms with E-state index >= 15 is 0 Å². The molecule has 1 N–H and O–H groups in total. The van der Waals surface area contributed by atoms with Crippen molar-refractivity contribution in [2.45, 2.75) is 32.7 Å². The fourth-order valence-corrected chi connectivity index (χ4v) is 2.23. The lowest BCUT2D eigenvalue weighted by Crippen LogP contribution is -2.25. The maximum atomic E-state index is 11.6. The predicted molar refractivity (Wildman–Crippen MR) is 80.6 cm³/mol. The zero-order chi connectivity index (χ0) is 14.5. The average molecular weight is 292 g/mol. The largest absolute Gasteiger partial charge is 0.459 e. The lowest BCUT2D eigenvalue weighted by Gasteiger charge is -2.11. The summed E-state index contributed by atoms with van der Waals surface area (Å²) < 4.78 is 5.79. The van der Waals surface area contributed by atoms with Crippen LogP contribution in [0.2, 0.25) is 5.02 Å². The lowest BCUT2D eigenvalue weighted by atomic mass is 10.2. The van der Waals surface area contributed by atoms with E-state index in [1.165, 1.54) is 0 Å². The Morgan fingerprint density at radius 3 is 2.75 bits per heavy atom. The SMILES string of the molecule is CCCC(=O)N[C@@H](C)c1ccc(-c2ccccc2Cl)o1. The fourth-order valence-electron chi connectivity index (χ4n) is 2.00. The van der Waals surface area contributed by atoms with Crippen LogP contribution in [0.15, 0.2) is 40.8 Å². The number of amides is 1. The molecule has 3 nitrogen and oxygen atoms in total. The molecule has 1 heterocycles. The summed E-state index contributed by atoms with van der Waals surface area (Å²) in [6.45, 7) is 3.88. The number of nitrogens with one attached hydrogen (secondary N) is 1. The van der Waals surface area contributed by atoms with Gasteiger partial charge >= 0.3 is 0 Å². The molecule has 0 saturated carbocycles. The maximum absolute atomic E-state index is 11.6. The number of halogens is 1. The van der Waals surface area contributed by atoms with Gasteiger partial charge in [0.1, 0.15) is 11.5 Å². The van der Waals surface area contributed by atoms with Gasteiger partial charge in [-0.25, -0.2) is 0 Å². The molecule has 1 amide bonds. The molecule has 0 aliphatic rings. The van der Waals surface area contributed by atoms with E-state index in [1.807, 2.05) is 50.2 Å². The molecule has 1 aromatic carbocycles. The third kappa shape index (κ3) is 3.42. The van der Waals surface area contributed by atoms with E-state index in [0.717, 1.165) is 17.7 Å². The Kier molecular flexibility index (Phi) is 4.85. The first kappa shape index (κ1) is 14.7. The normalized spacial score (nSPS) is 12.2.